The Kier molecular flexibility index (Phi) is 10.5. The third kappa shape index (κ3) is 8.27. The lowest BCUT2D eigenvalue weighted by Crippen LogP contribution is -2.51. The molecule has 8 heteroatoms. The quantitative estimate of drug-likeness (QED) is 0.322. The summed E-state index contributed by atoms with van der Waals surface area (Å²) in [6.07, 6.45) is 0.368. The molecule has 0 saturated heterocycles. The average Bonchev–Trinajstić information content (AvgIpc) is 2.84. The molecule has 3 aromatic rings. The number of hydrogen-bond donors (Lipinski definition) is 1. The van der Waals surface area contributed by atoms with Crippen LogP contribution in [0.1, 0.15) is 23.6 Å². The van der Waals surface area contributed by atoms with Gasteiger partial charge in [-0.05, 0) is 47.9 Å². The molecular weight excluding hydrogens is 506 g/mol. The highest BCUT2D eigenvalue weighted by molar-refractivity contribution is 7.99. The molecule has 0 aliphatic carbocycles. The Morgan fingerprint density at radius 3 is 2.37 bits per heavy atom. The minimum absolute atomic E-state index is 0.158. The fourth-order valence-electron chi connectivity index (χ4n) is 3.60. The van der Waals surface area contributed by atoms with Crippen LogP contribution in [0.4, 0.5) is 4.39 Å². The summed E-state index contributed by atoms with van der Waals surface area (Å²) in [4.78, 5) is 28.2. The highest BCUT2D eigenvalue weighted by Gasteiger charge is 2.30. The first-order valence-electron chi connectivity index (χ1n) is 11.2. The second-order valence-corrected chi connectivity index (χ2v) is 9.81. The van der Waals surface area contributed by atoms with Gasteiger partial charge in [0.15, 0.2) is 0 Å². The molecule has 0 bridgehead atoms. The molecule has 3 aromatic carbocycles. The van der Waals surface area contributed by atoms with Crippen molar-refractivity contribution in [1.29, 1.82) is 0 Å². The zero-order valence-electron chi connectivity index (χ0n) is 19.3. The van der Waals surface area contributed by atoms with Crippen LogP contribution in [0.2, 0.25) is 10.0 Å². The van der Waals surface area contributed by atoms with E-state index in [1.807, 2.05) is 43.3 Å². The van der Waals surface area contributed by atoms with Crippen molar-refractivity contribution in [1.82, 2.24) is 10.2 Å². The van der Waals surface area contributed by atoms with Gasteiger partial charge in [-0.15, -0.1) is 11.8 Å². The van der Waals surface area contributed by atoms with Crippen LogP contribution in [0.25, 0.3) is 0 Å². The monoisotopic (exact) mass is 532 g/mol. The Bertz CT molecular complexity index is 1130. The van der Waals surface area contributed by atoms with E-state index in [9.17, 15) is 14.0 Å². The van der Waals surface area contributed by atoms with Gasteiger partial charge in [0, 0.05) is 35.3 Å². The molecular formula is C27H27Cl2FN2O2S. The Morgan fingerprint density at radius 1 is 1.00 bits per heavy atom. The maximum atomic E-state index is 13.5. The van der Waals surface area contributed by atoms with Crippen LogP contribution in [0.15, 0.2) is 72.8 Å². The third-order valence-electron chi connectivity index (χ3n) is 5.39. The van der Waals surface area contributed by atoms with Gasteiger partial charge in [-0.3, -0.25) is 9.59 Å². The molecule has 0 aliphatic heterocycles. The van der Waals surface area contributed by atoms with Crippen LogP contribution < -0.4 is 5.32 Å². The van der Waals surface area contributed by atoms with Gasteiger partial charge in [0.2, 0.25) is 11.8 Å². The topological polar surface area (TPSA) is 49.4 Å². The van der Waals surface area contributed by atoms with Gasteiger partial charge in [0.25, 0.3) is 0 Å². The molecule has 0 saturated carbocycles. The molecule has 1 atom stereocenters. The molecule has 184 valence electrons. The van der Waals surface area contributed by atoms with Crippen LogP contribution in [-0.4, -0.2) is 35.1 Å². The van der Waals surface area contributed by atoms with Crippen molar-refractivity contribution in [2.45, 2.75) is 31.7 Å². The van der Waals surface area contributed by atoms with Crippen LogP contribution in [-0.2, 0) is 28.3 Å². The normalized spacial score (nSPS) is 11.7. The van der Waals surface area contributed by atoms with E-state index in [2.05, 4.69) is 5.32 Å². The summed E-state index contributed by atoms with van der Waals surface area (Å²) in [6.45, 7) is 2.48. The van der Waals surface area contributed by atoms with Crippen LogP contribution in [0.5, 0.6) is 0 Å². The lowest BCUT2D eigenvalue weighted by Gasteiger charge is -2.31. The summed E-state index contributed by atoms with van der Waals surface area (Å²) in [6, 6.07) is 20.1. The van der Waals surface area contributed by atoms with E-state index in [0.29, 0.717) is 28.8 Å². The van der Waals surface area contributed by atoms with Crippen molar-refractivity contribution in [2.75, 3.05) is 12.3 Å². The predicted octanol–water partition coefficient (Wildman–Crippen LogP) is 6.14. The SMILES string of the molecule is CCNC(=O)[C@H](Cc1ccccc1)N(Cc1ccc(F)cc1)C(=O)CSCc1ccc(Cl)cc1Cl. The van der Waals surface area contributed by atoms with E-state index in [0.717, 1.165) is 16.7 Å². The van der Waals surface area contributed by atoms with Gasteiger partial charge in [-0.1, -0.05) is 71.7 Å². The molecule has 2 amide bonds. The van der Waals surface area contributed by atoms with Crippen molar-refractivity contribution in [2.24, 2.45) is 0 Å². The van der Waals surface area contributed by atoms with Crippen molar-refractivity contribution in [3.8, 4) is 0 Å². The van der Waals surface area contributed by atoms with E-state index >= 15 is 0 Å². The molecule has 1 N–H and O–H groups in total. The van der Waals surface area contributed by atoms with E-state index in [1.54, 1.807) is 29.2 Å². The van der Waals surface area contributed by atoms with E-state index < -0.39 is 6.04 Å². The number of amides is 2. The first-order valence-corrected chi connectivity index (χ1v) is 13.2. The number of benzene rings is 3. The number of rotatable bonds is 11. The smallest absolute Gasteiger partial charge is 0.243 e. The van der Waals surface area contributed by atoms with E-state index in [1.165, 1.54) is 23.9 Å². The molecule has 0 unspecified atom stereocenters. The van der Waals surface area contributed by atoms with Crippen molar-refractivity contribution in [3.63, 3.8) is 0 Å². The molecule has 0 aliphatic rings. The zero-order chi connectivity index (χ0) is 25.2. The second-order valence-electron chi connectivity index (χ2n) is 7.98. The summed E-state index contributed by atoms with van der Waals surface area (Å²) >= 11 is 13.7. The number of halogens is 3. The number of thioether (sulfide) groups is 1. The lowest BCUT2D eigenvalue weighted by atomic mass is 10.0. The summed E-state index contributed by atoms with van der Waals surface area (Å²) in [5.74, 6) is -0.0812. The summed E-state index contributed by atoms with van der Waals surface area (Å²) < 4.78 is 13.5. The highest BCUT2D eigenvalue weighted by atomic mass is 35.5. The standard InChI is InChI=1S/C27H27Cl2FN2O2S/c1-2-31-27(34)25(14-19-6-4-3-5-7-19)32(16-20-8-12-23(30)13-9-20)26(33)18-35-17-21-10-11-22(28)15-24(21)29/h3-13,15,25H,2,14,16-18H2,1H3,(H,31,34)/t25-/m0/s1. The van der Waals surface area contributed by atoms with Crippen molar-refractivity contribution in [3.05, 3.63) is 105 Å². The molecule has 0 aromatic heterocycles. The molecule has 0 radical (unpaired) electrons. The first-order chi connectivity index (χ1) is 16.9. The highest BCUT2D eigenvalue weighted by Crippen LogP contribution is 2.25. The molecule has 4 nitrogen and oxygen atoms in total. The predicted molar refractivity (Wildman–Crippen MR) is 142 cm³/mol. The fourth-order valence-corrected chi connectivity index (χ4v) is 5.07. The van der Waals surface area contributed by atoms with Gasteiger partial charge in [0.1, 0.15) is 11.9 Å². The van der Waals surface area contributed by atoms with E-state index in [-0.39, 0.29) is 29.9 Å². The third-order valence-corrected chi connectivity index (χ3v) is 6.94. The summed E-state index contributed by atoms with van der Waals surface area (Å²) in [5.41, 5.74) is 2.57. The minimum atomic E-state index is -0.713. The maximum absolute atomic E-state index is 13.5. The minimum Gasteiger partial charge on any atom is -0.355 e. The van der Waals surface area contributed by atoms with Crippen LogP contribution in [0.3, 0.4) is 0 Å². The van der Waals surface area contributed by atoms with E-state index in [4.69, 9.17) is 23.2 Å². The maximum Gasteiger partial charge on any atom is 0.243 e. The Labute approximate surface area is 219 Å². The number of nitrogens with zero attached hydrogens (tertiary/aromatic N) is 1. The van der Waals surface area contributed by atoms with Crippen LogP contribution >= 0.6 is 35.0 Å². The van der Waals surface area contributed by atoms with Crippen molar-refractivity contribution < 1.29 is 14.0 Å². The Morgan fingerprint density at radius 2 is 1.71 bits per heavy atom. The number of carbonyl (C=O) groups is 2. The van der Waals surface area contributed by atoms with Crippen molar-refractivity contribution >= 4 is 46.8 Å². The molecule has 0 heterocycles. The Balaban J connectivity index is 1.82. The summed E-state index contributed by atoms with van der Waals surface area (Å²) in [5, 5.41) is 3.96. The lowest BCUT2D eigenvalue weighted by molar-refractivity contribution is -0.139. The fraction of sp³-hybridized carbons (Fsp3) is 0.259. The van der Waals surface area contributed by atoms with Gasteiger partial charge >= 0.3 is 0 Å². The molecule has 3 rings (SSSR count). The Hall–Kier alpha value is -2.54. The largest absolute Gasteiger partial charge is 0.355 e. The van der Waals surface area contributed by atoms with Gasteiger partial charge in [-0.25, -0.2) is 4.39 Å². The zero-order valence-corrected chi connectivity index (χ0v) is 21.7. The second kappa shape index (κ2) is 13.5. The van der Waals surface area contributed by atoms with Crippen LogP contribution in [0, 0.1) is 5.82 Å². The molecule has 0 fully saturated rings. The number of likely N-dealkylation sites (N-methyl/N-ethyl adjacent to an activating group) is 1. The first kappa shape index (κ1) is 27.1. The van der Waals surface area contributed by atoms with Gasteiger partial charge in [-0.2, -0.15) is 0 Å². The summed E-state index contributed by atoms with van der Waals surface area (Å²) in [7, 11) is 0. The molecule has 0 spiro atoms. The number of nitrogens with one attached hydrogen (secondary N) is 1. The number of carbonyl (C=O) groups excluding carboxylic acids is 2. The van der Waals surface area contributed by atoms with Gasteiger partial charge in [0.05, 0.1) is 5.75 Å². The van der Waals surface area contributed by atoms with Gasteiger partial charge < -0.3 is 10.2 Å². The average molecular weight is 533 g/mol. The number of hydrogen-bond acceptors (Lipinski definition) is 3. The molecule has 35 heavy (non-hydrogen) atoms.